The maximum absolute atomic E-state index is 14.6. The van der Waals surface area contributed by atoms with Gasteiger partial charge >= 0.3 is 0 Å². The number of nitrogens with zero attached hydrogens (tertiary/aromatic N) is 5. The molecule has 6 rings (SSSR count). The van der Waals surface area contributed by atoms with Gasteiger partial charge in [0, 0.05) is 69.0 Å². The summed E-state index contributed by atoms with van der Waals surface area (Å²) < 4.78 is 23.6. The number of aromatic nitrogens is 4. The van der Waals surface area contributed by atoms with Crippen molar-refractivity contribution in [2.45, 2.75) is 31.9 Å². The number of nitrogens with one attached hydrogen (secondary N) is 2. The summed E-state index contributed by atoms with van der Waals surface area (Å²) in [5, 5.41) is 12.0. The average Bonchev–Trinajstić information content (AvgIpc) is 3.42. The second-order valence-corrected chi connectivity index (χ2v) is 9.37. The number of benzene rings is 1. The summed E-state index contributed by atoms with van der Waals surface area (Å²) in [5.74, 6) is -0.817. The van der Waals surface area contributed by atoms with E-state index in [9.17, 15) is 9.18 Å². The lowest BCUT2D eigenvalue weighted by molar-refractivity contribution is 0.00269. The molecule has 35 heavy (non-hydrogen) atoms. The highest BCUT2D eigenvalue weighted by Crippen LogP contribution is 2.37. The monoisotopic (exact) mass is 477 g/mol. The molecule has 3 aromatic heterocycles. The first-order valence-corrected chi connectivity index (χ1v) is 12.0. The van der Waals surface area contributed by atoms with E-state index in [0.29, 0.717) is 22.5 Å². The van der Waals surface area contributed by atoms with Crippen LogP contribution in [0.25, 0.3) is 16.6 Å². The van der Waals surface area contributed by atoms with E-state index in [2.05, 4.69) is 26.7 Å². The summed E-state index contributed by atoms with van der Waals surface area (Å²) in [6.07, 6.45) is 7.50. The Labute approximate surface area is 201 Å². The Hall–Kier alpha value is -3.50. The summed E-state index contributed by atoms with van der Waals surface area (Å²) in [7, 11) is 1.73. The van der Waals surface area contributed by atoms with Gasteiger partial charge in [-0.2, -0.15) is 5.10 Å². The van der Waals surface area contributed by atoms with Gasteiger partial charge in [-0.15, -0.1) is 0 Å². The van der Waals surface area contributed by atoms with Crippen molar-refractivity contribution >= 4 is 33.8 Å². The van der Waals surface area contributed by atoms with Crippen molar-refractivity contribution < 1.29 is 13.9 Å². The van der Waals surface area contributed by atoms with Crippen molar-refractivity contribution in [3.63, 3.8) is 0 Å². The quantitative estimate of drug-likeness (QED) is 0.459. The van der Waals surface area contributed by atoms with Crippen molar-refractivity contribution in [3.8, 4) is 0 Å². The van der Waals surface area contributed by atoms with E-state index in [1.807, 2.05) is 16.8 Å². The number of carbonyl (C=O) groups excluding carboxylic acids is 1. The fraction of sp³-hybridized carbons (Fsp3) is 0.400. The van der Waals surface area contributed by atoms with E-state index >= 15 is 0 Å². The van der Waals surface area contributed by atoms with Gasteiger partial charge in [-0.3, -0.25) is 9.48 Å². The molecule has 1 aromatic carbocycles. The third kappa shape index (κ3) is 3.92. The van der Waals surface area contributed by atoms with Crippen LogP contribution in [0.2, 0.25) is 0 Å². The molecular weight excluding hydrogens is 449 g/mol. The molecule has 182 valence electrons. The maximum atomic E-state index is 14.6. The van der Waals surface area contributed by atoms with Gasteiger partial charge in [0.05, 0.1) is 29.1 Å². The van der Waals surface area contributed by atoms with Crippen LogP contribution in [0.5, 0.6) is 0 Å². The minimum atomic E-state index is -0.489. The number of hydrogen-bond acceptors (Lipinski definition) is 6. The third-order valence-electron chi connectivity index (χ3n) is 7.04. The Morgan fingerprint density at radius 3 is 2.77 bits per heavy atom. The molecule has 0 spiro atoms. The molecule has 0 atom stereocenters. The van der Waals surface area contributed by atoms with Crippen molar-refractivity contribution in [3.05, 3.63) is 53.9 Å². The van der Waals surface area contributed by atoms with Gasteiger partial charge in [0.15, 0.2) is 11.5 Å². The molecule has 4 aromatic rings. The number of pyridine rings is 1. The molecule has 1 saturated heterocycles. The van der Waals surface area contributed by atoms with Crippen molar-refractivity contribution in [1.82, 2.24) is 24.5 Å². The fourth-order valence-electron chi connectivity index (χ4n) is 5.05. The second-order valence-electron chi connectivity index (χ2n) is 9.37. The van der Waals surface area contributed by atoms with Gasteiger partial charge in [-0.25, -0.2) is 9.37 Å². The molecule has 2 fully saturated rings. The van der Waals surface area contributed by atoms with Crippen molar-refractivity contribution in [2.75, 3.05) is 43.5 Å². The van der Waals surface area contributed by atoms with Crippen LogP contribution in [0, 0.1) is 12.7 Å². The van der Waals surface area contributed by atoms with Gasteiger partial charge in [-0.05, 0) is 31.9 Å². The predicted octanol–water partition coefficient (Wildman–Crippen LogP) is 3.14. The number of carbonyl (C=O) groups is 1. The van der Waals surface area contributed by atoms with Crippen LogP contribution in [-0.4, -0.2) is 64.5 Å². The number of aryl methyl sites for hydroxylation is 1. The number of fused-ring (bicyclic) bond motifs is 2. The third-order valence-corrected chi connectivity index (χ3v) is 7.04. The van der Waals surface area contributed by atoms with E-state index in [1.54, 1.807) is 30.8 Å². The largest absolute Gasteiger partial charge is 0.381 e. The molecule has 2 N–H and O–H groups in total. The highest BCUT2D eigenvalue weighted by molar-refractivity contribution is 6.13. The Morgan fingerprint density at radius 2 is 2.00 bits per heavy atom. The molecule has 1 aliphatic carbocycles. The van der Waals surface area contributed by atoms with Gasteiger partial charge < -0.3 is 24.7 Å². The van der Waals surface area contributed by atoms with E-state index < -0.39 is 5.82 Å². The Morgan fingerprint density at radius 1 is 1.20 bits per heavy atom. The van der Waals surface area contributed by atoms with Crippen LogP contribution in [0.15, 0.2) is 36.8 Å². The molecule has 1 amide bonds. The van der Waals surface area contributed by atoms with Crippen LogP contribution in [-0.2, 0) is 4.74 Å². The zero-order valence-corrected chi connectivity index (χ0v) is 19.8. The van der Waals surface area contributed by atoms with E-state index in [-0.39, 0.29) is 23.7 Å². The molecule has 0 radical (unpaired) electrons. The zero-order chi connectivity index (χ0) is 24.1. The Kier molecular flexibility index (Phi) is 5.42. The smallest absolute Gasteiger partial charge is 0.257 e. The number of rotatable bonds is 5. The predicted molar refractivity (Wildman–Crippen MR) is 132 cm³/mol. The van der Waals surface area contributed by atoms with Gasteiger partial charge in [0.25, 0.3) is 5.91 Å². The van der Waals surface area contributed by atoms with E-state index in [4.69, 9.17) is 9.84 Å². The molecule has 0 unspecified atom stereocenters. The number of methoxy groups -OCH3 is 1. The minimum absolute atomic E-state index is 0.233. The zero-order valence-electron chi connectivity index (χ0n) is 19.8. The number of imidazole rings is 1. The summed E-state index contributed by atoms with van der Waals surface area (Å²) >= 11 is 0. The van der Waals surface area contributed by atoms with E-state index in [0.717, 1.165) is 50.1 Å². The number of halogens is 1. The highest BCUT2D eigenvalue weighted by Gasteiger charge is 2.32. The standard InChI is InChI=1S/C25H28FN7O2/c1-15-12-32-13-16(9-21(26)24(32)28-15)29-25(34)19-3-4-22(31-7-5-27-6-8-31)20-14-33(30-23(19)20)17-10-18(11-17)35-2/h3-4,9,12-14,17-18,27H,5-8,10-11H2,1-2H3,(H,29,34). The molecular formula is C25H28FN7O2. The summed E-state index contributed by atoms with van der Waals surface area (Å²) in [6, 6.07) is 5.36. The number of anilines is 2. The van der Waals surface area contributed by atoms with Gasteiger partial charge in [-0.1, -0.05) is 0 Å². The number of hydrogen-bond donors (Lipinski definition) is 2. The first-order chi connectivity index (χ1) is 17.0. The summed E-state index contributed by atoms with van der Waals surface area (Å²) in [5.41, 5.74) is 3.49. The Balaban J connectivity index is 1.36. The van der Waals surface area contributed by atoms with Crippen LogP contribution < -0.4 is 15.5 Å². The van der Waals surface area contributed by atoms with E-state index in [1.165, 1.54) is 6.07 Å². The molecule has 10 heteroatoms. The van der Waals surface area contributed by atoms with Crippen LogP contribution in [0.3, 0.4) is 0 Å². The molecule has 4 heterocycles. The molecule has 9 nitrogen and oxygen atoms in total. The molecule has 1 saturated carbocycles. The lowest BCUT2D eigenvalue weighted by Crippen LogP contribution is -2.43. The van der Waals surface area contributed by atoms with Crippen LogP contribution in [0.1, 0.15) is 34.9 Å². The lowest BCUT2D eigenvalue weighted by atomic mass is 9.89. The minimum Gasteiger partial charge on any atom is -0.381 e. The Bertz CT molecular complexity index is 1420. The number of piperazine rings is 1. The molecule has 0 bridgehead atoms. The van der Waals surface area contributed by atoms with Crippen molar-refractivity contribution in [1.29, 1.82) is 0 Å². The first kappa shape index (κ1) is 22.0. The lowest BCUT2D eigenvalue weighted by Gasteiger charge is -2.34. The topological polar surface area (TPSA) is 88.7 Å². The van der Waals surface area contributed by atoms with Gasteiger partial charge in [0.2, 0.25) is 0 Å². The average molecular weight is 478 g/mol. The number of amides is 1. The van der Waals surface area contributed by atoms with Gasteiger partial charge in [0.1, 0.15) is 5.52 Å². The highest BCUT2D eigenvalue weighted by atomic mass is 19.1. The maximum Gasteiger partial charge on any atom is 0.257 e. The fourth-order valence-corrected chi connectivity index (χ4v) is 5.05. The summed E-state index contributed by atoms with van der Waals surface area (Å²) in [6.45, 7) is 5.42. The first-order valence-electron chi connectivity index (χ1n) is 12.0. The number of ether oxygens (including phenoxy) is 1. The molecule has 2 aliphatic rings. The normalized spacial score (nSPS) is 20.4. The van der Waals surface area contributed by atoms with Crippen molar-refractivity contribution in [2.24, 2.45) is 0 Å². The van der Waals surface area contributed by atoms with Crippen LogP contribution in [0.4, 0.5) is 15.8 Å². The second kappa shape index (κ2) is 8.62. The van der Waals surface area contributed by atoms with Crippen LogP contribution >= 0.6 is 0 Å². The molecule has 1 aliphatic heterocycles. The summed E-state index contributed by atoms with van der Waals surface area (Å²) in [4.78, 5) is 19.9. The SMILES string of the molecule is COC1CC(n2cc3c(N4CCNCC4)ccc(C(=O)Nc4cc(F)c5nc(C)cn5c4)c3n2)C1.